The average molecular weight is 420 g/mol. The molecule has 7 nitrogen and oxygen atoms in total. The van der Waals surface area contributed by atoms with Gasteiger partial charge in [0.15, 0.2) is 0 Å². The Morgan fingerprint density at radius 3 is 2.71 bits per heavy atom. The monoisotopic (exact) mass is 419 g/mol. The van der Waals surface area contributed by atoms with Gasteiger partial charge in [0, 0.05) is 47.5 Å². The van der Waals surface area contributed by atoms with Gasteiger partial charge in [-0.05, 0) is 63.6 Å². The van der Waals surface area contributed by atoms with E-state index in [1.54, 1.807) is 17.0 Å². The summed E-state index contributed by atoms with van der Waals surface area (Å²) < 4.78 is 8.05. The molecule has 0 spiro atoms. The molecule has 1 saturated heterocycles. The van der Waals surface area contributed by atoms with Crippen molar-refractivity contribution < 1.29 is 9.53 Å². The summed E-state index contributed by atoms with van der Waals surface area (Å²) in [6, 6.07) is 9.75. The molecule has 2 N–H and O–H groups in total. The van der Waals surface area contributed by atoms with Gasteiger partial charge in [-0.15, -0.1) is 0 Å². The number of anilines is 1. The van der Waals surface area contributed by atoms with Gasteiger partial charge in [0.25, 0.3) is 5.91 Å². The zero-order chi connectivity index (χ0) is 21.8. The molecule has 1 aromatic carbocycles. The third kappa shape index (κ3) is 4.77. The number of benzene rings is 1. The lowest BCUT2D eigenvalue weighted by Crippen LogP contribution is -2.38. The van der Waals surface area contributed by atoms with Gasteiger partial charge in [-0.25, -0.2) is 9.97 Å². The number of aryl methyl sites for hydroxylation is 3. The largest absolute Gasteiger partial charge is 0.491 e. The molecule has 162 valence electrons. The van der Waals surface area contributed by atoms with Crippen LogP contribution in [-0.4, -0.2) is 39.6 Å². The molecule has 31 heavy (non-hydrogen) atoms. The highest BCUT2D eigenvalue weighted by atomic mass is 16.5. The number of ether oxygens (including phenoxy) is 1. The van der Waals surface area contributed by atoms with Crippen LogP contribution in [0.2, 0.25) is 0 Å². The van der Waals surface area contributed by atoms with Gasteiger partial charge in [-0.1, -0.05) is 6.42 Å². The van der Waals surface area contributed by atoms with Crippen LogP contribution in [0.5, 0.6) is 5.75 Å². The number of carbonyl (C=O) groups is 1. The third-order valence-corrected chi connectivity index (χ3v) is 5.76. The lowest BCUT2D eigenvalue weighted by atomic mass is 10.0. The number of hydrogen-bond donors (Lipinski definition) is 2. The minimum Gasteiger partial charge on any atom is -0.491 e. The first kappa shape index (κ1) is 21.1. The Labute approximate surface area is 182 Å². The van der Waals surface area contributed by atoms with E-state index >= 15 is 0 Å². The molecule has 1 atom stereocenters. The van der Waals surface area contributed by atoms with Crippen molar-refractivity contribution in [3.05, 3.63) is 59.9 Å². The molecular formula is C24H29N5O2. The highest BCUT2D eigenvalue weighted by Crippen LogP contribution is 2.36. The van der Waals surface area contributed by atoms with E-state index in [9.17, 15) is 4.79 Å². The van der Waals surface area contributed by atoms with Gasteiger partial charge >= 0.3 is 0 Å². The van der Waals surface area contributed by atoms with Crippen LogP contribution in [0.15, 0.2) is 42.9 Å². The number of nitrogens with zero attached hydrogens (tertiary/aromatic N) is 3. The molecule has 0 aliphatic carbocycles. The molecule has 3 aromatic rings. The van der Waals surface area contributed by atoms with E-state index in [2.05, 4.69) is 20.6 Å². The average Bonchev–Trinajstić information content (AvgIpc) is 3.20. The van der Waals surface area contributed by atoms with Gasteiger partial charge in [-0.3, -0.25) is 4.79 Å². The fourth-order valence-corrected chi connectivity index (χ4v) is 4.06. The van der Waals surface area contributed by atoms with Crippen molar-refractivity contribution in [2.45, 2.75) is 39.2 Å². The number of carbonyl (C=O) groups excluding carboxylic acids is 1. The standard InChI is InChI=1S/C24H29N5O2/c1-16-23(17(2)27-15-26-16)20-13-18(28-24(30)21-8-6-12-29(21)3)9-10-22(20)31-14-19-7-4-5-11-25-19/h6,8-10,12-13,15,19,25H,4-5,7,11,14H2,1-3H3,(H,28,30)/t19-/m1/s1. The Morgan fingerprint density at radius 2 is 2.03 bits per heavy atom. The van der Waals surface area contributed by atoms with E-state index in [0.717, 1.165) is 41.2 Å². The summed E-state index contributed by atoms with van der Waals surface area (Å²) in [5.74, 6) is 0.613. The van der Waals surface area contributed by atoms with Crippen molar-refractivity contribution in [1.29, 1.82) is 0 Å². The summed E-state index contributed by atoms with van der Waals surface area (Å²) in [6.45, 7) is 5.57. The Hall–Kier alpha value is -3.19. The first-order valence-electron chi connectivity index (χ1n) is 10.7. The lowest BCUT2D eigenvalue weighted by Gasteiger charge is -2.24. The zero-order valence-corrected chi connectivity index (χ0v) is 18.3. The van der Waals surface area contributed by atoms with Gasteiger partial charge in [-0.2, -0.15) is 0 Å². The summed E-state index contributed by atoms with van der Waals surface area (Å²) in [6.07, 6.45) is 6.98. The SMILES string of the molecule is Cc1ncnc(C)c1-c1cc(NC(=O)c2cccn2C)ccc1OC[C@H]1CCCCN1. The van der Waals surface area contributed by atoms with Crippen LogP contribution in [0, 0.1) is 13.8 Å². The first-order chi connectivity index (χ1) is 15.0. The van der Waals surface area contributed by atoms with Crippen molar-refractivity contribution in [2.24, 2.45) is 7.05 Å². The van der Waals surface area contributed by atoms with Crippen molar-refractivity contribution >= 4 is 11.6 Å². The molecule has 1 amide bonds. The second kappa shape index (κ2) is 9.31. The van der Waals surface area contributed by atoms with Crippen molar-refractivity contribution in [3.8, 4) is 16.9 Å². The van der Waals surface area contributed by atoms with Crippen LogP contribution in [-0.2, 0) is 7.05 Å². The fourth-order valence-electron chi connectivity index (χ4n) is 4.06. The summed E-state index contributed by atoms with van der Waals surface area (Å²) in [5.41, 5.74) is 4.87. The summed E-state index contributed by atoms with van der Waals surface area (Å²) >= 11 is 0. The minimum atomic E-state index is -0.156. The molecule has 0 bridgehead atoms. The van der Waals surface area contributed by atoms with Crippen LogP contribution in [0.25, 0.3) is 11.1 Å². The van der Waals surface area contributed by atoms with Gasteiger partial charge in [0.2, 0.25) is 0 Å². The molecule has 2 aromatic heterocycles. The zero-order valence-electron chi connectivity index (χ0n) is 18.3. The Balaban J connectivity index is 1.64. The van der Waals surface area contributed by atoms with Crippen LogP contribution >= 0.6 is 0 Å². The van der Waals surface area contributed by atoms with Crippen LogP contribution < -0.4 is 15.4 Å². The van der Waals surface area contributed by atoms with Crippen molar-refractivity contribution in [3.63, 3.8) is 0 Å². The molecule has 7 heteroatoms. The number of amides is 1. The highest BCUT2D eigenvalue weighted by molar-refractivity contribution is 6.03. The van der Waals surface area contributed by atoms with Crippen LogP contribution in [0.3, 0.4) is 0 Å². The number of rotatable bonds is 6. The van der Waals surface area contributed by atoms with Gasteiger partial charge < -0.3 is 19.9 Å². The molecule has 1 aliphatic rings. The van der Waals surface area contributed by atoms with Gasteiger partial charge in [0.05, 0.1) is 0 Å². The third-order valence-electron chi connectivity index (χ3n) is 5.76. The first-order valence-corrected chi connectivity index (χ1v) is 10.7. The molecule has 1 fully saturated rings. The predicted octanol–water partition coefficient (Wildman–Crippen LogP) is 3.87. The number of nitrogens with one attached hydrogen (secondary N) is 2. The van der Waals surface area contributed by atoms with E-state index in [0.29, 0.717) is 24.0 Å². The maximum atomic E-state index is 12.7. The molecule has 0 saturated carbocycles. The molecule has 1 aliphatic heterocycles. The van der Waals surface area contributed by atoms with Crippen LogP contribution in [0.1, 0.15) is 41.1 Å². The topological polar surface area (TPSA) is 81.1 Å². The molecule has 4 rings (SSSR count). The lowest BCUT2D eigenvalue weighted by molar-refractivity contribution is 0.101. The normalized spacial score (nSPS) is 16.2. The second-order valence-electron chi connectivity index (χ2n) is 8.05. The summed E-state index contributed by atoms with van der Waals surface area (Å²) in [4.78, 5) is 21.5. The number of piperidine rings is 1. The number of aromatic nitrogens is 3. The Bertz CT molecular complexity index is 1050. The highest BCUT2D eigenvalue weighted by Gasteiger charge is 2.18. The summed E-state index contributed by atoms with van der Waals surface area (Å²) in [7, 11) is 1.85. The molecule has 0 radical (unpaired) electrons. The molecule has 3 heterocycles. The van der Waals surface area contributed by atoms with Crippen molar-refractivity contribution in [1.82, 2.24) is 19.9 Å². The quantitative estimate of drug-likeness (QED) is 0.634. The summed E-state index contributed by atoms with van der Waals surface area (Å²) in [5, 5.41) is 6.52. The van der Waals surface area contributed by atoms with E-state index in [1.807, 2.05) is 51.4 Å². The fraction of sp³-hybridized carbons (Fsp3) is 0.375. The van der Waals surface area contributed by atoms with E-state index < -0.39 is 0 Å². The van der Waals surface area contributed by atoms with E-state index in [4.69, 9.17) is 4.74 Å². The van der Waals surface area contributed by atoms with Gasteiger partial charge in [0.1, 0.15) is 24.4 Å². The maximum absolute atomic E-state index is 12.7. The Morgan fingerprint density at radius 1 is 1.23 bits per heavy atom. The smallest absolute Gasteiger partial charge is 0.272 e. The second-order valence-corrected chi connectivity index (χ2v) is 8.05. The van der Waals surface area contributed by atoms with Crippen LogP contribution in [0.4, 0.5) is 5.69 Å². The Kier molecular flexibility index (Phi) is 6.32. The molecular weight excluding hydrogens is 390 g/mol. The predicted molar refractivity (Wildman–Crippen MR) is 121 cm³/mol. The maximum Gasteiger partial charge on any atom is 0.272 e. The number of hydrogen-bond acceptors (Lipinski definition) is 5. The van der Waals surface area contributed by atoms with E-state index in [-0.39, 0.29) is 5.91 Å². The van der Waals surface area contributed by atoms with Crippen molar-refractivity contribution in [2.75, 3.05) is 18.5 Å². The van der Waals surface area contributed by atoms with E-state index in [1.165, 1.54) is 12.8 Å². The minimum absolute atomic E-state index is 0.156. The molecule has 0 unspecified atom stereocenters.